The van der Waals surface area contributed by atoms with Crippen LogP contribution in [-0.2, 0) is 10.0 Å². The quantitative estimate of drug-likeness (QED) is 0.339. The molecule has 2 aliphatic rings. The molecule has 31 heavy (non-hydrogen) atoms. The predicted octanol–water partition coefficient (Wildman–Crippen LogP) is 2.68. The van der Waals surface area contributed by atoms with Gasteiger partial charge in [0.05, 0.1) is 6.26 Å². The van der Waals surface area contributed by atoms with Crippen molar-refractivity contribution in [1.82, 2.24) is 14.5 Å². The molecule has 0 amide bonds. The molecule has 0 radical (unpaired) electrons. The molecule has 7 nitrogen and oxygen atoms in total. The molecule has 2 fully saturated rings. The van der Waals surface area contributed by atoms with Gasteiger partial charge in [-0.2, -0.15) is 0 Å². The molecule has 0 spiro atoms. The fourth-order valence-electron chi connectivity index (χ4n) is 4.30. The van der Waals surface area contributed by atoms with Gasteiger partial charge in [-0.15, -0.1) is 24.0 Å². The Hall–Kier alpha value is -1.07. The molecule has 1 aromatic rings. The van der Waals surface area contributed by atoms with Crippen LogP contribution in [0.5, 0.6) is 0 Å². The third-order valence-electron chi connectivity index (χ3n) is 6.37. The van der Waals surface area contributed by atoms with Crippen LogP contribution in [0.15, 0.2) is 23.2 Å². The molecule has 9 heteroatoms. The van der Waals surface area contributed by atoms with Gasteiger partial charge in [0.25, 0.3) is 0 Å². The van der Waals surface area contributed by atoms with Crippen molar-refractivity contribution in [3.05, 3.63) is 29.3 Å². The van der Waals surface area contributed by atoms with Crippen LogP contribution in [0.25, 0.3) is 0 Å². The van der Waals surface area contributed by atoms with Crippen LogP contribution >= 0.6 is 24.0 Å². The lowest BCUT2D eigenvalue weighted by molar-refractivity contribution is 0.279. The number of nitrogens with zero attached hydrogens (tertiary/aromatic N) is 4. The molecule has 3 rings (SSSR count). The number of aryl methyl sites for hydroxylation is 1. The molecule has 0 unspecified atom stereocenters. The molecule has 2 saturated heterocycles. The third-order valence-corrected chi connectivity index (χ3v) is 7.68. The van der Waals surface area contributed by atoms with E-state index in [1.165, 1.54) is 23.1 Å². The Balaban J connectivity index is 0.00000341. The summed E-state index contributed by atoms with van der Waals surface area (Å²) in [5.41, 5.74) is 4.05. The van der Waals surface area contributed by atoms with Crippen LogP contribution in [0.2, 0.25) is 0 Å². The zero-order valence-corrected chi connectivity index (χ0v) is 22.4. The summed E-state index contributed by atoms with van der Waals surface area (Å²) in [5, 5.41) is 3.45. The van der Waals surface area contributed by atoms with E-state index in [0.717, 1.165) is 58.1 Å². The monoisotopic (exact) mass is 563 g/mol. The highest BCUT2D eigenvalue weighted by Crippen LogP contribution is 2.24. The van der Waals surface area contributed by atoms with Gasteiger partial charge in [-0.25, -0.2) is 12.7 Å². The lowest BCUT2D eigenvalue weighted by Gasteiger charge is -2.38. The van der Waals surface area contributed by atoms with E-state index < -0.39 is 10.0 Å². The van der Waals surface area contributed by atoms with Crippen LogP contribution in [0.3, 0.4) is 0 Å². The van der Waals surface area contributed by atoms with Crippen LogP contribution in [0, 0.1) is 19.8 Å². The van der Waals surface area contributed by atoms with Gasteiger partial charge in [0.2, 0.25) is 10.0 Å². The van der Waals surface area contributed by atoms with E-state index in [2.05, 4.69) is 54.1 Å². The highest BCUT2D eigenvalue weighted by Gasteiger charge is 2.25. The molecule has 0 aromatic heterocycles. The summed E-state index contributed by atoms with van der Waals surface area (Å²) in [7, 11) is -3.07. The molecule has 176 valence electrons. The van der Waals surface area contributed by atoms with E-state index in [0.29, 0.717) is 19.0 Å². The minimum absolute atomic E-state index is 0. The number of piperazine rings is 1. The fraction of sp³-hybridized carbons (Fsp3) is 0.682. The number of hydrogen-bond acceptors (Lipinski definition) is 4. The van der Waals surface area contributed by atoms with Crippen LogP contribution in [0.1, 0.15) is 30.9 Å². The summed E-state index contributed by atoms with van der Waals surface area (Å²) in [6.45, 7) is 13.2. The summed E-state index contributed by atoms with van der Waals surface area (Å²) < 4.78 is 25.0. The summed E-state index contributed by atoms with van der Waals surface area (Å²) in [6.07, 6.45) is 3.07. The zero-order valence-electron chi connectivity index (χ0n) is 19.3. The molecule has 1 aromatic carbocycles. The molecule has 2 heterocycles. The summed E-state index contributed by atoms with van der Waals surface area (Å²) in [4.78, 5) is 9.76. The van der Waals surface area contributed by atoms with Crippen molar-refractivity contribution in [3.8, 4) is 0 Å². The number of anilines is 1. The SMILES string of the molecule is CCNC(=NCC1CCN(S(C)(=O)=O)CC1)N1CCN(c2cccc(C)c2C)CC1.I. The largest absolute Gasteiger partial charge is 0.368 e. The molecule has 1 N–H and O–H groups in total. The van der Waals surface area contributed by atoms with E-state index in [4.69, 9.17) is 4.99 Å². The zero-order chi connectivity index (χ0) is 21.7. The van der Waals surface area contributed by atoms with Gasteiger partial charge in [0.1, 0.15) is 0 Å². The van der Waals surface area contributed by atoms with Gasteiger partial charge in [-0.05, 0) is 56.7 Å². The summed E-state index contributed by atoms with van der Waals surface area (Å²) >= 11 is 0. The van der Waals surface area contributed by atoms with Crippen LogP contribution in [0.4, 0.5) is 5.69 Å². The number of rotatable bonds is 5. The van der Waals surface area contributed by atoms with Gasteiger partial charge >= 0.3 is 0 Å². The summed E-state index contributed by atoms with van der Waals surface area (Å²) in [6, 6.07) is 6.54. The standard InChI is InChI=1S/C22H37N5O2S.HI/c1-5-23-22(24-17-20-9-11-27(12-10-20)30(4,28)29)26-15-13-25(14-16-26)21-8-6-7-18(2)19(21)3;/h6-8,20H,5,9-17H2,1-4H3,(H,23,24);1H. The maximum Gasteiger partial charge on any atom is 0.211 e. The first-order valence-corrected chi connectivity index (χ1v) is 12.9. The second kappa shape index (κ2) is 11.7. The smallest absolute Gasteiger partial charge is 0.211 e. The minimum atomic E-state index is -3.07. The minimum Gasteiger partial charge on any atom is -0.368 e. The fourth-order valence-corrected chi connectivity index (χ4v) is 5.18. The lowest BCUT2D eigenvalue weighted by Crippen LogP contribution is -2.53. The number of guanidine groups is 1. The number of sulfonamides is 1. The number of halogens is 1. The van der Waals surface area contributed by atoms with Crippen molar-refractivity contribution >= 4 is 45.6 Å². The maximum absolute atomic E-state index is 11.7. The predicted molar refractivity (Wildman–Crippen MR) is 140 cm³/mol. The Kier molecular flexibility index (Phi) is 9.88. The van der Waals surface area contributed by atoms with Gasteiger partial charge in [-0.1, -0.05) is 12.1 Å². The molecular formula is C22H38IN5O2S. The topological polar surface area (TPSA) is 68.2 Å². The lowest BCUT2D eigenvalue weighted by atomic mass is 9.98. The Bertz CT molecular complexity index is 845. The first-order chi connectivity index (χ1) is 14.3. The first-order valence-electron chi connectivity index (χ1n) is 11.1. The second-order valence-electron chi connectivity index (χ2n) is 8.49. The first kappa shape index (κ1) is 26.2. The molecule has 2 aliphatic heterocycles. The van der Waals surface area contributed by atoms with Crippen molar-refractivity contribution in [2.24, 2.45) is 10.9 Å². The highest BCUT2D eigenvalue weighted by atomic mass is 127. The number of piperidine rings is 1. The van der Waals surface area contributed by atoms with E-state index >= 15 is 0 Å². The van der Waals surface area contributed by atoms with E-state index in [-0.39, 0.29) is 24.0 Å². The van der Waals surface area contributed by atoms with Crippen molar-refractivity contribution in [2.45, 2.75) is 33.6 Å². The third kappa shape index (κ3) is 6.95. The Labute approximate surface area is 205 Å². The normalized spacial score (nSPS) is 19.3. The average Bonchev–Trinajstić information content (AvgIpc) is 2.73. The van der Waals surface area contributed by atoms with Crippen molar-refractivity contribution in [1.29, 1.82) is 0 Å². The molecule has 0 aliphatic carbocycles. The van der Waals surface area contributed by atoms with E-state index in [1.54, 1.807) is 4.31 Å². The number of aliphatic imine (C=N–C) groups is 1. The van der Waals surface area contributed by atoms with Crippen molar-refractivity contribution < 1.29 is 8.42 Å². The van der Waals surface area contributed by atoms with Crippen molar-refractivity contribution in [3.63, 3.8) is 0 Å². The number of hydrogen-bond donors (Lipinski definition) is 1. The van der Waals surface area contributed by atoms with Gasteiger partial charge < -0.3 is 15.1 Å². The van der Waals surface area contributed by atoms with Gasteiger partial charge in [0.15, 0.2) is 5.96 Å². The van der Waals surface area contributed by atoms with Crippen LogP contribution < -0.4 is 10.2 Å². The molecule has 0 saturated carbocycles. The van der Waals surface area contributed by atoms with E-state index in [9.17, 15) is 8.42 Å². The molecule has 0 atom stereocenters. The van der Waals surface area contributed by atoms with E-state index in [1.807, 2.05) is 0 Å². The van der Waals surface area contributed by atoms with Gasteiger partial charge in [-0.3, -0.25) is 4.99 Å². The van der Waals surface area contributed by atoms with Gasteiger partial charge in [0, 0.05) is 58.0 Å². The second-order valence-corrected chi connectivity index (χ2v) is 10.5. The average molecular weight is 564 g/mol. The highest BCUT2D eigenvalue weighted by molar-refractivity contribution is 14.0. The Morgan fingerprint density at radius 1 is 1.10 bits per heavy atom. The molecular weight excluding hydrogens is 525 g/mol. The Morgan fingerprint density at radius 3 is 2.32 bits per heavy atom. The maximum atomic E-state index is 11.7. The van der Waals surface area contributed by atoms with Crippen LogP contribution in [-0.4, -0.2) is 82.2 Å². The summed E-state index contributed by atoms with van der Waals surface area (Å²) in [5.74, 6) is 1.44. The number of nitrogens with one attached hydrogen (secondary N) is 1. The molecule has 0 bridgehead atoms. The number of benzene rings is 1. The Morgan fingerprint density at radius 2 is 1.74 bits per heavy atom. The van der Waals surface area contributed by atoms with Crippen molar-refractivity contribution in [2.75, 3.05) is 63.5 Å².